The van der Waals surface area contributed by atoms with Gasteiger partial charge in [0, 0.05) is 47.5 Å². The van der Waals surface area contributed by atoms with E-state index in [1.165, 1.54) is 18.8 Å². The summed E-state index contributed by atoms with van der Waals surface area (Å²) in [4.78, 5) is 9.56. The first-order valence-electron chi connectivity index (χ1n) is 11.5. The van der Waals surface area contributed by atoms with E-state index in [0.717, 1.165) is 30.9 Å². The Bertz CT molecular complexity index is 828. The first kappa shape index (κ1) is 27.9. The summed E-state index contributed by atoms with van der Waals surface area (Å²) >= 11 is 3.43. The number of likely N-dealkylation sites (tertiary alicyclic amines) is 2. The van der Waals surface area contributed by atoms with Crippen LogP contribution in [0.5, 0.6) is 0 Å². The predicted molar refractivity (Wildman–Crippen MR) is 146 cm³/mol. The largest absolute Gasteiger partial charge is 0.370 e. The van der Waals surface area contributed by atoms with Gasteiger partial charge in [0.1, 0.15) is 5.82 Å². The van der Waals surface area contributed by atoms with Crippen molar-refractivity contribution in [2.24, 2.45) is 10.4 Å². The Morgan fingerprint density at radius 2 is 1.66 bits per heavy atom. The number of halogens is 1. The van der Waals surface area contributed by atoms with Gasteiger partial charge in [-0.25, -0.2) is 4.99 Å². The van der Waals surface area contributed by atoms with Crippen molar-refractivity contribution in [2.45, 2.75) is 41.5 Å². The number of nitrogens with zero attached hydrogens (tertiary/aromatic N) is 3. The van der Waals surface area contributed by atoms with E-state index < -0.39 is 0 Å². The van der Waals surface area contributed by atoms with Crippen molar-refractivity contribution < 1.29 is 0 Å². The molecule has 0 aromatic carbocycles. The van der Waals surface area contributed by atoms with Gasteiger partial charge in [-0.15, -0.1) is 0 Å². The molecule has 2 aliphatic rings. The molecule has 2 saturated heterocycles. The molecule has 4 nitrogen and oxygen atoms in total. The van der Waals surface area contributed by atoms with Crippen LogP contribution in [0.3, 0.4) is 0 Å². The number of hydrogen-bond acceptors (Lipinski definition) is 4. The highest BCUT2D eigenvalue weighted by Crippen LogP contribution is 2.41. The number of aliphatic imine (C=N–C) groups is 1. The normalized spacial score (nSPS) is 19.2. The molecule has 0 aromatic heterocycles. The highest BCUT2D eigenvalue weighted by Gasteiger charge is 2.51. The van der Waals surface area contributed by atoms with E-state index in [1.807, 2.05) is 39.8 Å². The molecule has 32 heavy (non-hydrogen) atoms. The highest BCUT2D eigenvalue weighted by atomic mass is 79.9. The first-order valence-corrected chi connectivity index (χ1v) is 12.3. The molecule has 0 amide bonds. The molecule has 5 heteroatoms. The molecular formula is C27H41BrN4. The Balaban J connectivity index is 0.00000249. The van der Waals surface area contributed by atoms with Gasteiger partial charge in [0.2, 0.25) is 0 Å². The monoisotopic (exact) mass is 500 g/mol. The minimum Gasteiger partial charge on any atom is -0.370 e. The highest BCUT2D eigenvalue weighted by molar-refractivity contribution is 9.12. The van der Waals surface area contributed by atoms with Gasteiger partial charge in [-0.05, 0) is 61.0 Å². The Hall–Kier alpha value is -2.11. The molecular weight excluding hydrogens is 460 g/mol. The molecule has 0 aliphatic carbocycles. The zero-order valence-electron chi connectivity index (χ0n) is 20.8. The average Bonchev–Trinajstić information content (AvgIpc) is 2.74. The summed E-state index contributed by atoms with van der Waals surface area (Å²) in [5, 5.41) is 3.28. The Kier molecular flexibility index (Phi) is 11.7. The lowest BCUT2D eigenvalue weighted by Gasteiger charge is -2.61. The van der Waals surface area contributed by atoms with Crippen LogP contribution in [-0.2, 0) is 0 Å². The third kappa shape index (κ3) is 7.21. The van der Waals surface area contributed by atoms with E-state index >= 15 is 0 Å². The molecule has 0 aromatic rings. The summed E-state index contributed by atoms with van der Waals surface area (Å²) in [7, 11) is 0. The minimum absolute atomic E-state index is 0.521. The molecule has 0 atom stereocenters. The summed E-state index contributed by atoms with van der Waals surface area (Å²) in [5.41, 5.74) is 4.33. The van der Waals surface area contributed by atoms with Gasteiger partial charge >= 0.3 is 0 Å². The molecule has 0 bridgehead atoms. The number of rotatable bonds is 10. The molecule has 2 aliphatic heterocycles. The average molecular weight is 502 g/mol. The third-order valence-electron chi connectivity index (χ3n) is 5.62. The quantitative estimate of drug-likeness (QED) is 0.272. The summed E-state index contributed by atoms with van der Waals surface area (Å²) in [6.45, 7) is 30.0. The van der Waals surface area contributed by atoms with Crippen LogP contribution in [0.25, 0.3) is 0 Å². The maximum absolute atomic E-state index is 4.59. The zero-order valence-corrected chi connectivity index (χ0v) is 22.4. The molecule has 0 radical (unpaired) electrons. The van der Waals surface area contributed by atoms with Crippen LogP contribution >= 0.6 is 15.9 Å². The molecule has 2 fully saturated rings. The summed E-state index contributed by atoms with van der Waals surface area (Å²) in [5.74, 6) is 0.545. The van der Waals surface area contributed by atoms with Crippen molar-refractivity contribution in [1.82, 2.24) is 15.1 Å². The Morgan fingerprint density at radius 3 is 2.09 bits per heavy atom. The van der Waals surface area contributed by atoms with Crippen molar-refractivity contribution in [3.05, 3.63) is 83.5 Å². The van der Waals surface area contributed by atoms with Crippen LogP contribution in [0.2, 0.25) is 0 Å². The maximum Gasteiger partial charge on any atom is 0.123 e. The molecule has 2 heterocycles. The van der Waals surface area contributed by atoms with Crippen molar-refractivity contribution in [1.29, 1.82) is 0 Å². The first-order chi connectivity index (χ1) is 15.3. The van der Waals surface area contributed by atoms with Crippen molar-refractivity contribution in [3.63, 3.8) is 0 Å². The van der Waals surface area contributed by atoms with Gasteiger partial charge in [-0.3, -0.25) is 0 Å². The van der Waals surface area contributed by atoms with Gasteiger partial charge in [0.15, 0.2) is 0 Å². The zero-order chi connectivity index (χ0) is 24.3. The molecule has 0 saturated carbocycles. The SMILES string of the molecule is C=CC(=C/C)/C(=N\C(=C)NC(/C=C\C(=C/C)N1CC2(CN(CC)C2)C1)=C/C)C(=C)Br.CC. The predicted octanol–water partition coefficient (Wildman–Crippen LogP) is 6.56. The second-order valence-corrected chi connectivity index (χ2v) is 8.79. The van der Waals surface area contributed by atoms with Crippen LogP contribution in [0, 0.1) is 5.41 Å². The summed E-state index contributed by atoms with van der Waals surface area (Å²) < 4.78 is 0.691. The molecule has 1 spiro atoms. The fraction of sp³-hybridized carbons (Fsp3) is 0.444. The Labute approximate surface area is 204 Å². The fourth-order valence-electron chi connectivity index (χ4n) is 4.00. The van der Waals surface area contributed by atoms with E-state index in [9.17, 15) is 0 Å². The third-order valence-corrected chi connectivity index (χ3v) is 6.00. The van der Waals surface area contributed by atoms with Crippen LogP contribution in [0.1, 0.15) is 41.5 Å². The van der Waals surface area contributed by atoms with E-state index in [0.29, 0.717) is 21.4 Å². The van der Waals surface area contributed by atoms with Gasteiger partial charge < -0.3 is 15.1 Å². The summed E-state index contributed by atoms with van der Waals surface area (Å²) in [6.07, 6.45) is 12.1. The van der Waals surface area contributed by atoms with Crippen molar-refractivity contribution in [3.8, 4) is 0 Å². The van der Waals surface area contributed by atoms with Gasteiger partial charge in [-0.2, -0.15) is 0 Å². The van der Waals surface area contributed by atoms with E-state index in [4.69, 9.17) is 0 Å². The Morgan fingerprint density at radius 1 is 1.03 bits per heavy atom. The van der Waals surface area contributed by atoms with Crippen LogP contribution in [-0.4, -0.2) is 48.2 Å². The smallest absolute Gasteiger partial charge is 0.123 e. The summed E-state index contributed by atoms with van der Waals surface area (Å²) in [6, 6.07) is 0. The molecule has 1 N–H and O–H groups in total. The van der Waals surface area contributed by atoms with E-state index in [-0.39, 0.29) is 0 Å². The molecule has 176 valence electrons. The topological polar surface area (TPSA) is 30.9 Å². The fourth-order valence-corrected chi connectivity index (χ4v) is 4.32. The lowest BCUT2D eigenvalue weighted by Crippen LogP contribution is -2.71. The molecule has 2 rings (SSSR count). The number of nitrogens with one attached hydrogen (secondary N) is 1. The molecule has 0 unspecified atom stereocenters. The minimum atomic E-state index is 0.521. The van der Waals surface area contributed by atoms with Crippen LogP contribution in [0.15, 0.2) is 88.5 Å². The second-order valence-electron chi connectivity index (χ2n) is 7.84. The van der Waals surface area contributed by atoms with E-state index in [2.05, 4.69) is 87.9 Å². The van der Waals surface area contributed by atoms with Crippen LogP contribution < -0.4 is 5.32 Å². The second kappa shape index (κ2) is 13.4. The van der Waals surface area contributed by atoms with Crippen molar-refractivity contribution in [2.75, 3.05) is 32.7 Å². The maximum atomic E-state index is 4.59. The van der Waals surface area contributed by atoms with Gasteiger partial charge in [0.25, 0.3) is 0 Å². The van der Waals surface area contributed by atoms with Crippen molar-refractivity contribution >= 4 is 21.6 Å². The number of allylic oxidation sites excluding steroid dienone is 8. The van der Waals surface area contributed by atoms with Crippen LogP contribution in [0.4, 0.5) is 0 Å². The van der Waals surface area contributed by atoms with E-state index in [1.54, 1.807) is 6.08 Å². The van der Waals surface area contributed by atoms with Gasteiger partial charge in [-0.1, -0.05) is 64.8 Å². The standard InChI is InChI=1S/C25H35BrN4.C2H6/c1-8-21(9-2)24(19(6)26)28-20(7)27-22(10-3)13-14-23(11-4)30-17-25(18-30)15-29(12-5)16-25;1-2/h8-11,13-14,27H,1,6-7,12,15-18H2,2-5H3;1-2H3/b14-13-,21-9-,22-10+,23-11+,28-24-;. The number of hydrogen-bond donors (Lipinski definition) is 1. The lowest BCUT2D eigenvalue weighted by molar-refractivity contribution is -0.0965. The lowest BCUT2D eigenvalue weighted by atomic mass is 9.72. The van der Waals surface area contributed by atoms with Gasteiger partial charge in [0.05, 0.1) is 5.71 Å².